The summed E-state index contributed by atoms with van der Waals surface area (Å²) in [6.45, 7) is 3.56. The Labute approximate surface area is 178 Å². The lowest BCUT2D eigenvalue weighted by atomic mass is 9.97. The van der Waals surface area contributed by atoms with Crippen molar-refractivity contribution in [3.8, 4) is 0 Å². The van der Waals surface area contributed by atoms with Crippen LogP contribution in [0.15, 0.2) is 24.3 Å². The highest BCUT2D eigenvalue weighted by Crippen LogP contribution is 2.39. The Bertz CT molecular complexity index is 813. The molecule has 152 valence electrons. The molecule has 5 nitrogen and oxygen atoms in total. The Kier molecular flexibility index (Phi) is 7.15. The number of nitrogens with one attached hydrogen (secondary N) is 2. The van der Waals surface area contributed by atoms with Gasteiger partial charge in [-0.25, -0.2) is 9.97 Å². The number of benzene rings is 1. The lowest BCUT2D eigenvalue weighted by Gasteiger charge is -2.27. The molecule has 2 aliphatic heterocycles. The van der Waals surface area contributed by atoms with Gasteiger partial charge >= 0.3 is 0 Å². The maximum Gasteiger partial charge on any atom is 0.134 e. The van der Waals surface area contributed by atoms with Gasteiger partial charge in [0.05, 0.1) is 18.4 Å². The second-order valence-corrected chi connectivity index (χ2v) is 7.57. The van der Waals surface area contributed by atoms with Gasteiger partial charge in [0, 0.05) is 31.0 Å². The van der Waals surface area contributed by atoms with Crippen LogP contribution in [0.1, 0.15) is 53.1 Å². The van der Waals surface area contributed by atoms with Gasteiger partial charge in [-0.05, 0) is 43.4 Å². The molecule has 0 bridgehead atoms. The van der Waals surface area contributed by atoms with Crippen molar-refractivity contribution in [1.29, 1.82) is 0 Å². The van der Waals surface area contributed by atoms with Crippen molar-refractivity contribution in [2.75, 3.05) is 31.6 Å². The van der Waals surface area contributed by atoms with Crippen molar-refractivity contribution >= 4 is 30.6 Å². The Hall–Kier alpha value is -1.40. The molecular formula is C21H28Cl2N4O. The van der Waals surface area contributed by atoms with Crippen LogP contribution < -0.4 is 10.6 Å². The Balaban J connectivity index is 0.00000112. The molecule has 1 atom stereocenters. The van der Waals surface area contributed by atoms with Gasteiger partial charge in [0.15, 0.2) is 0 Å². The lowest BCUT2D eigenvalue weighted by molar-refractivity contribution is 0.0513. The van der Waals surface area contributed by atoms with Crippen LogP contribution >= 0.6 is 24.8 Å². The molecule has 1 fully saturated rings. The molecule has 5 rings (SSSR count). The highest BCUT2D eigenvalue weighted by atomic mass is 35.5. The fourth-order valence-corrected chi connectivity index (χ4v) is 4.07. The van der Waals surface area contributed by atoms with Gasteiger partial charge in [-0.1, -0.05) is 24.3 Å². The zero-order valence-corrected chi connectivity index (χ0v) is 17.6. The van der Waals surface area contributed by atoms with E-state index in [2.05, 4.69) is 34.9 Å². The highest BCUT2D eigenvalue weighted by molar-refractivity contribution is 5.85. The lowest BCUT2D eigenvalue weighted by Crippen LogP contribution is -2.24. The molecule has 1 aromatic heterocycles. The predicted molar refractivity (Wildman–Crippen MR) is 116 cm³/mol. The molecule has 28 heavy (non-hydrogen) atoms. The number of fused-ring (bicyclic) bond motifs is 2. The Morgan fingerprint density at radius 1 is 1.04 bits per heavy atom. The van der Waals surface area contributed by atoms with Crippen molar-refractivity contribution in [1.82, 2.24) is 15.3 Å². The van der Waals surface area contributed by atoms with E-state index in [9.17, 15) is 0 Å². The maximum atomic E-state index is 6.07. The van der Waals surface area contributed by atoms with Crippen LogP contribution in [-0.2, 0) is 24.0 Å². The zero-order chi connectivity index (χ0) is 17.3. The number of halogens is 2. The first kappa shape index (κ1) is 21.3. The fourth-order valence-electron chi connectivity index (χ4n) is 4.07. The molecular weight excluding hydrogens is 395 g/mol. The highest BCUT2D eigenvalue weighted by Gasteiger charge is 2.29. The van der Waals surface area contributed by atoms with Crippen LogP contribution in [0.3, 0.4) is 0 Å². The van der Waals surface area contributed by atoms with Gasteiger partial charge < -0.3 is 15.4 Å². The summed E-state index contributed by atoms with van der Waals surface area (Å²) in [6, 6.07) is 8.64. The minimum absolute atomic E-state index is 0. The summed E-state index contributed by atoms with van der Waals surface area (Å²) in [7, 11) is 0. The van der Waals surface area contributed by atoms with E-state index in [-0.39, 0.29) is 30.9 Å². The minimum Gasteiger partial charge on any atom is -0.371 e. The topological polar surface area (TPSA) is 59.1 Å². The molecule has 1 unspecified atom stereocenters. The summed E-state index contributed by atoms with van der Waals surface area (Å²) in [4.78, 5) is 9.83. The van der Waals surface area contributed by atoms with Gasteiger partial charge in [-0.15, -0.1) is 24.8 Å². The minimum atomic E-state index is 0. The number of hydrogen-bond acceptors (Lipinski definition) is 5. The van der Waals surface area contributed by atoms with Crippen molar-refractivity contribution < 1.29 is 4.74 Å². The van der Waals surface area contributed by atoms with Gasteiger partial charge in [0.25, 0.3) is 0 Å². The summed E-state index contributed by atoms with van der Waals surface area (Å²) in [5.41, 5.74) is 5.26. The molecule has 1 saturated carbocycles. The molecule has 0 spiro atoms. The molecule has 3 heterocycles. The number of nitrogens with zero attached hydrogens (tertiary/aromatic N) is 2. The summed E-state index contributed by atoms with van der Waals surface area (Å²) >= 11 is 0. The SMILES string of the molecule is Cl.Cl.c1ccc2c(c1)CCOC2CNc1nc(C2CC2)nc2c1CCNCC2. The molecule has 3 aliphatic rings. The second-order valence-electron chi connectivity index (χ2n) is 7.57. The van der Waals surface area contributed by atoms with Crippen LogP contribution in [0.5, 0.6) is 0 Å². The van der Waals surface area contributed by atoms with Gasteiger partial charge in [0.1, 0.15) is 11.6 Å². The number of anilines is 1. The first-order valence-corrected chi connectivity index (χ1v) is 9.92. The molecule has 0 radical (unpaired) electrons. The summed E-state index contributed by atoms with van der Waals surface area (Å²) < 4.78 is 6.07. The average Bonchev–Trinajstić information content (AvgIpc) is 3.52. The third-order valence-electron chi connectivity index (χ3n) is 5.69. The fraction of sp³-hybridized carbons (Fsp3) is 0.524. The molecule has 2 N–H and O–H groups in total. The molecule has 2 aromatic rings. The van der Waals surface area contributed by atoms with Gasteiger partial charge in [-0.3, -0.25) is 0 Å². The van der Waals surface area contributed by atoms with Crippen molar-refractivity contribution in [3.63, 3.8) is 0 Å². The van der Waals surface area contributed by atoms with Gasteiger partial charge in [-0.2, -0.15) is 0 Å². The van der Waals surface area contributed by atoms with E-state index in [0.29, 0.717) is 5.92 Å². The number of hydrogen-bond donors (Lipinski definition) is 2. The first-order chi connectivity index (χ1) is 12.9. The van der Waals surface area contributed by atoms with Crippen LogP contribution in [-0.4, -0.2) is 36.2 Å². The summed E-state index contributed by atoms with van der Waals surface area (Å²) in [5, 5.41) is 7.11. The van der Waals surface area contributed by atoms with E-state index in [4.69, 9.17) is 14.7 Å². The molecule has 1 aromatic carbocycles. The maximum absolute atomic E-state index is 6.07. The predicted octanol–water partition coefficient (Wildman–Crippen LogP) is 3.61. The van der Waals surface area contributed by atoms with Gasteiger partial charge in [0.2, 0.25) is 0 Å². The van der Waals surface area contributed by atoms with E-state index in [0.717, 1.165) is 57.1 Å². The monoisotopic (exact) mass is 422 g/mol. The van der Waals surface area contributed by atoms with E-state index < -0.39 is 0 Å². The molecule has 7 heteroatoms. The van der Waals surface area contributed by atoms with Crippen molar-refractivity contribution in [2.24, 2.45) is 0 Å². The van der Waals surface area contributed by atoms with Crippen LogP contribution in [0.25, 0.3) is 0 Å². The number of aromatic nitrogens is 2. The number of ether oxygens (including phenoxy) is 1. The Morgan fingerprint density at radius 2 is 1.86 bits per heavy atom. The molecule has 0 amide bonds. The normalized spacial score (nSPS) is 20.6. The quantitative estimate of drug-likeness (QED) is 0.787. The molecule has 1 aliphatic carbocycles. The molecule has 0 saturated heterocycles. The first-order valence-electron chi connectivity index (χ1n) is 9.92. The smallest absolute Gasteiger partial charge is 0.134 e. The van der Waals surface area contributed by atoms with E-state index in [1.54, 1.807) is 0 Å². The van der Waals surface area contributed by atoms with Crippen molar-refractivity contribution in [2.45, 2.75) is 44.1 Å². The average molecular weight is 423 g/mol. The summed E-state index contributed by atoms with van der Waals surface area (Å²) in [6.07, 6.45) is 5.55. The number of rotatable bonds is 4. The van der Waals surface area contributed by atoms with Crippen LogP contribution in [0.4, 0.5) is 5.82 Å². The van der Waals surface area contributed by atoms with Crippen LogP contribution in [0.2, 0.25) is 0 Å². The third kappa shape index (κ3) is 4.43. The second kappa shape index (κ2) is 9.40. The summed E-state index contributed by atoms with van der Waals surface area (Å²) in [5.74, 6) is 2.65. The van der Waals surface area contributed by atoms with E-state index >= 15 is 0 Å². The zero-order valence-electron chi connectivity index (χ0n) is 15.9. The van der Waals surface area contributed by atoms with E-state index in [1.165, 1.54) is 35.2 Å². The van der Waals surface area contributed by atoms with Crippen molar-refractivity contribution in [3.05, 3.63) is 52.5 Å². The van der Waals surface area contributed by atoms with E-state index in [1.807, 2.05) is 0 Å². The largest absolute Gasteiger partial charge is 0.371 e. The van der Waals surface area contributed by atoms with Crippen LogP contribution in [0, 0.1) is 0 Å². The third-order valence-corrected chi connectivity index (χ3v) is 5.69. The standard InChI is InChI=1S/C21H26N4O.2ClH/c1-2-4-16-14(3-1)9-12-26-19(16)13-23-21-17-7-10-22-11-8-18(17)24-20(25-21)15-5-6-15;;/h1-4,15,19,22H,5-13H2,(H,23,24,25);2*1H. The Morgan fingerprint density at radius 3 is 2.71 bits per heavy atom.